The van der Waals surface area contributed by atoms with Crippen molar-refractivity contribution in [3.63, 3.8) is 0 Å². The van der Waals surface area contributed by atoms with E-state index in [1.54, 1.807) is 0 Å². The highest BCUT2D eigenvalue weighted by atomic mass is 79.9. The van der Waals surface area contributed by atoms with E-state index in [0.29, 0.717) is 10.9 Å². The Labute approximate surface area is 134 Å². The molecule has 0 saturated carbocycles. The second-order valence-electron chi connectivity index (χ2n) is 4.25. The highest BCUT2D eigenvalue weighted by Crippen LogP contribution is 2.30. The van der Waals surface area contributed by atoms with Crippen LogP contribution < -0.4 is 11.1 Å². The van der Waals surface area contributed by atoms with E-state index >= 15 is 0 Å². The number of carbonyl (C=O) groups excluding carboxylic acids is 1. The monoisotopic (exact) mass is 371 g/mol. The van der Waals surface area contributed by atoms with Crippen LogP contribution in [-0.4, -0.2) is 16.6 Å². The predicted molar refractivity (Wildman–Crippen MR) is 89.5 cm³/mol. The molecule has 2 rings (SSSR count). The fourth-order valence-corrected chi connectivity index (χ4v) is 3.99. The molecule has 0 aliphatic rings. The van der Waals surface area contributed by atoms with E-state index in [4.69, 9.17) is 5.73 Å². The molecular weight excluding hydrogens is 358 g/mol. The number of aromatic nitrogens is 1. The van der Waals surface area contributed by atoms with Crippen molar-refractivity contribution in [3.05, 3.63) is 33.9 Å². The highest BCUT2D eigenvalue weighted by Gasteiger charge is 2.10. The van der Waals surface area contributed by atoms with Gasteiger partial charge in [0, 0.05) is 4.47 Å². The zero-order chi connectivity index (χ0) is 14.7. The van der Waals surface area contributed by atoms with Crippen LogP contribution in [0.3, 0.4) is 0 Å². The maximum atomic E-state index is 11.9. The number of anilines is 2. The van der Waals surface area contributed by atoms with E-state index in [2.05, 4.69) is 26.2 Å². The molecule has 0 fully saturated rings. The Bertz CT molecular complexity index is 643. The molecule has 0 spiro atoms. The van der Waals surface area contributed by atoms with Crippen molar-refractivity contribution in [3.8, 4) is 0 Å². The quantitative estimate of drug-likeness (QED) is 0.801. The number of amides is 1. The zero-order valence-corrected chi connectivity index (χ0v) is 14.3. The van der Waals surface area contributed by atoms with Crippen LogP contribution in [0.25, 0.3) is 0 Å². The summed E-state index contributed by atoms with van der Waals surface area (Å²) < 4.78 is 1.87. The van der Waals surface area contributed by atoms with Gasteiger partial charge in [-0.15, -0.1) is 11.8 Å². The second-order valence-corrected chi connectivity index (χ2v) is 7.37. The average Bonchev–Trinajstić information content (AvgIpc) is 2.69. The molecule has 7 heteroatoms. The number of thiazole rings is 1. The first-order valence-electron chi connectivity index (χ1n) is 5.87. The lowest BCUT2D eigenvalue weighted by molar-refractivity contribution is -0.113. The van der Waals surface area contributed by atoms with Gasteiger partial charge in [-0.05, 0) is 47.5 Å². The highest BCUT2D eigenvalue weighted by molar-refractivity contribution is 9.10. The Kier molecular flexibility index (Phi) is 5.06. The number of nitrogens with zero attached hydrogens (tertiary/aromatic N) is 1. The van der Waals surface area contributed by atoms with Gasteiger partial charge in [0.15, 0.2) is 5.13 Å². The number of benzene rings is 1. The van der Waals surface area contributed by atoms with Gasteiger partial charge in [0.05, 0.1) is 21.3 Å². The van der Waals surface area contributed by atoms with Gasteiger partial charge in [0.2, 0.25) is 5.91 Å². The van der Waals surface area contributed by atoms with E-state index in [0.717, 1.165) is 25.6 Å². The third-order valence-corrected chi connectivity index (χ3v) is 5.51. The summed E-state index contributed by atoms with van der Waals surface area (Å²) in [5, 5.41) is 3.41. The molecule has 1 amide bonds. The molecule has 2 aromatic rings. The van der Waals surface area contributed by atoms with Gasteiger partial charge in [-0.3, -0.25) is 4.79 Å². The summed E-state index contributed by atoms with van der Waals surface area (Å²) in [4.78, 5) is 16.1. The topological polar surface area (TPSA) is 68.0 Å². The Morgan fingerprint density at radius 1 is 1.50 bits per heavy atom. The van der Waals surface area contributed by atoms with Crippen LogP contribution in [-0.2, 0) is 4.79 Å². The van der Waals surface area contributed by atoms with Gasteiger partial charge in [0.25, 0.3) is 0 Å². The van der Waals surface area contributed by atoms with Gasteiger partial charge in [-0.25, -0.2) is 4.98 Å². The van der Waals surface area contributed by atoms with Crippen LogP contribution in [0, 0.1) is 13.8 Å². The van der Waals surface area contributed by atoms with Crippen LogP contribution >= 0.6 is 39.0 Å². The van der Waals surface area contributed by atoms with E-state index in [9.17, 15) is 4.79 Å². The van der Waals surface area contributed by atoms with E-state index < -0.39 is 0 Å². The number of carbonyl (C=O) groups is 1. The van der Waals surface area contributed by atoms with Crippen LogP contribution in [0.2, 0.25) is 0 Å². The van der Waals surface area contributed by atoms with Crippen LogP contribution in [0.4, 0.5) is 10.8 Å². The lowest BCUT2D eigenvalue weighted by Gasteiger charge is -2.07. The molecular formula is C13H14BrN3OS2. The molecule has 0 aliphatic carbocycles. The van der Waals surface area contributed by atoms with E-state index in [1.165, 1.54) is 23.1 Å². The van der Waals surface area contributed by atoms with Crippen molar-refractivity contribution in [2.75, 3.05) is 16.8 Å². The van der Waals surface area contributed by atoms with Crippen molar-refractivity contribution >= 4 is 55.8 Å². The van der Waals surface area contributed by atoms with Crippen LogP contribution in [0.5, 0.6) is 0 Å². The van der Waals surface area contributed by atoms with Crippen molar-refractivity contribution in [1.29, 1.82) is 0 Å². The Hall–Kier alpha value is -1.05. The lowest BCUT2D eigenvalue weighted by Crippen LogP contribution is -2.14. The van der Waals surface area contributed by atoms with Crippen molar-refractivity contribution in [2.45, 2.75) is 18.1 Å². The zero-order valence-electron chi connectivity index (χ0n) is 11.1. The third kappa shape index (κ3) is 3.97. The maximum Gasteiger partial charge on any atom is 0.234 e. The number of rotatable bonds is 4. The predicted octanol–water partition coefficient (Wildman–Crippen LogP) is 3.84. The standard InChI is InChI=1S/C13H14BrN3OS2/c1-7-3-4-10(9(14)5-7)17-11(18)6-19-12-8(2)16-13(15)20-12/h3-5H,6H2,1-2H3,(H2,15,16)(H,17,18). The van der Waals surface area contributed by atoms with Crippen LogP contribution in [0.1, 0.15) is 11.3 Å². The van der Waals surface area contributed by atoms with Crippen molar-refractivity contribution < 1.29 is 4.79 Å². The van der Waals surface area contributed by atoms with Gasteiger partial charge < -0.3 is 11.1 Å². The molecule has 106 valence electrons. The molecule has 1 aromatic carbocycles. The van der Waals surface area contributed by atoms with Crippen molar-refractivity contribution in [1.82, 2.24) is 4.98 Å². The average molecular weight is 372 g/mol. The molecule has 0 atom stereocenters. The first kappa shape index (κ1) is 15.3. The first-order chi connectivity index (χ1) is 9.45. The van der Waals surface area contributed by atoms with Crippen molar-refractivity contribution in [2.24, 2.45) is 0 Å². The van der Waals surface area contributed by atoms with E-state index in [1.807, 2.05) is 32.0 Å². The Balaban J connectivity index is 1.94. The molecule has 4 nitrogen and oxygen atoms in total. The summed E-state index contributed by atoms with van der Waals surface area (Å²) in [6, 6.07) is 5.82. The number of nitrogen functional groups attached to an aromatic ring is 1. The number of nitrogens with two attached hydrogens (primary N) is 1. The Morgan fingerprint density at radius 2 is 2.25 bits per heavy atom. The first-order valence-corrected chi connectivity index (χ1v) is 8.47. The summed E-state index contributed by atoms with van der Waals surface area (Å²) in [5.74, 6) is 0.286. The largest absolute Gasteiger partial charge is 0.375 e. The molecule has 0 saturated heterocycles. The SMILES string of the molecule is Cc1ccc(NC(=O)CSc2sc(N)nc2C)c(Br)c1. The number of thioether (sulfide) groups is 1. The van der Waals surface area contributed by atoms with Gasteiger partial charge in [-0.2, -0.15) is 0 Å². The van der Waals surface area contributed by atoms with Gasteiger partial charge in [0.1, 0.15) is 0 Å². The van der Waals surface area contributed by atoms with Gasteiger partial charge in [-0.1, -0.05) is 17.4 Å². The number of aryl methyl sites for hydroxylation is 2. The molecule has 0 radical (unpaired) electrons. The fraction of sp³-hybridized carbons (Fsp3) is 0.231. The minimum atomic E-state index is -0.0501. The molecule has 0 unspecified atom stereocenters. The fourth-order valence-electron chi connectivity index (χ4n) is 1.58. The summed E-state index contributed by atoms with van der Waals surface area (Å²) in [7, 11) is 0. The smallest absolute Gasteiger partial charge is 0.234 e. The number of hydrogen-bond acceptors (Lipinski definition) is 5. The summed E-state index contributed by atoms with van der Waals surface area (Å²) in [6.45, 7) is 3.90. The summed E-state index contributed by atoms with van der Waals surface area (Å²) in [5.41, 5.74) is 8.43. The molecule has 0 bridgehead atoms. The molecule has 1 heterocycles. The summed E-state index contributed by atoms with van der Waals surface area (Å²) in [6.07, 6.45) is 0. The molecule has 3 N–H and O–H groups in total. The minimum Gasteiger partial charge on any atom is -0.375 e. The molecule has 1 aromatic heterocycles. The van der Waals surface area contributed by atoms with Gasteiger partial charge >= 0.3 is 0 Å². The van der Waals surface area contributed by atoms with Crippen LogP contribution in [0.15, 0.2) is 26.9 Å². The minimum absolute atomic E-state index is 0.0501. The van der Waals surface area contributed by atoms with E-state index in [-0.39, 0.29) is 5.91 Å². The maximum absolute atomic E-state index is 11.9. The lowest BCUT2D eigenvalue weighted by atomic mass is 10.2. The second kappa shape index (κ2) is 6.60. The number of halogens is 1. The number of nitrogens with one attached hydrogen (secondary N) is 1. The molecule has 0 aliphatic heterocycles. The number of hydrogen-bond donors (Lipinski definition) is 2. The third-order valence-electron chi connectivity index (χ3n) is 2.50. The Morgan fingerprint density at radius 3 is 2.85 bits per heavy atom. The molecule has 20 heavy (non-hydrogen) atoms. The summed E-state index contributed by atoms with van der Waals surface area (Å²) >= 11 is 6.30. The normalized spacial score (nSPS) is 10.6.